The van der Waals surface area contributed by atoms with Crippen LogP contribution in [0.15, 0.2) is 36.2 Å². The summed E-state index contributed by atoms with van der Waals surface area (Å²) in [5.41, 5.74) is 2.39. The van der Waals surface area contributed by atoms with Crippen molar-refractivity contribution in [1.29, 1.82) is 0 Å². The Morgan fingerprint density at radius 1 is 1.27 bits per heavy atom. The Bertz CT molecular complexity index is 958. The lowest BCUT2D eigenvalue weighted by Crippen LogP contribution is -2.29. The van der Waals surface area contributed by atoms with Crippen LogP contribution in [0, 0.1) is 0 Å². The molecule has 4 rings (SSSR count). The average Bonchev–Trinajstić information content (AvgIpc) is 3.35. The lowest BCUT2D eigenvalue weighted by Gasteiger charge is -2.10. The van der Waals surface area contributed by atoms with Gasteiger partial charge in [-0.2, -0.15) is 0 Å². The highest BCUT2D eigenvalue weighted by Crippen LogP contribution is 2.27. The molecule has 0 unspecified atom stereocenters. The zero-order valence-electron chi connectivity index (χ0n) is 14.7. The van der Waals surface area contributed by atoms with E-state index in [9.17, 15) is 9.59 Å². The van der Waals surface area contributed by atoms with Crippen LogP contribution >= 0.6 is 12.2 Å². The van der Waals surface area contributed by atoms with Gasteiger partial charge < -0.3 is 14.8 Å². The van der Waals surface area contributed by atoms with Crippen molar-refractivity contribution in [3.8, 4) is 0 Å². The van der Waals surface area contributed by atoms with E-state index >= 15 is 0 Å². The van der Waals surface area contributed by atoms with E-state index in [4.69, 9.17) is 12.2 Å². The Kier molecular flexibility index (Phi) is 4.03. The summed E-state index contributed by atoms with van der Waals surface area (Å²) in [5, 5.41) is 4.50. The Morgan fingerprint density at radius 3 is 2.65 bits per heavy atom. The molecule has 1 N–H and O–H groups in total. The molecule has 1 aromatic heterocycles. The molecule has 1 aromatic carbocycles. The first kappa shape index (κ1) is 16.8. The zero-order valence-corrected chi connectivity index (χ0v) is 15.5. The number of benzene rings is 1. The highest BCUT2D eigenvalue weighted by atomic mass is 32.1. The Balaban J connectivity index is 1.71. The van der Waals surface area contributed by atoms with Gasteiger partial charge in [-0.1, -0.05) is 18.2 Å². The summed E-state index contributed by atoms with van der Waals surface area (Å²) in [6.07, 6.45) is 5.90. The van der Waals surface area contributed by atoms with Gasteiger partial charge in [0, 0.05) is 42.8 Å². The largest absolute Gasteiger partial charge is 0.352 e. The second kappa shape index (κ2) is 6.25. The minimum absolute atomic E-state index is 0.0161. The fraction of sp³-hybridized carbons (Fsp3) is 0.316. The van der Waals surface area contributed by atoms with Crippen LogP contribution in [0.2, 0.25) is 0 Å². The molecular weight excluding hydrogens is 348 g/mol. The van der Waals surface area contributed by atoms with E-state index in [0.29, 0.717) is 16.9 Å². The maximum atomic E-state index is 12.4. The van der Waals surface area contributed by atoms with Crippen molar-refractivity contribution in [2.75, 3.05) is 14.1 Å². The SMILES string of the molecule is CN1C(=O)/C(=C\c2cn(CC(=O)NC3CC3)c3ccccc23)N(C)C1=S. The van der Waals surface area contributed by atoms with Gasteiger partial charge in [-0.15, -0.1) is 0 Å². The maximum Gasteiger partial charge on any atom is 0.276 e. The predicted molar refractivity (Wildman–Crippen MR) is 104 cm³/mol. The quantitative estimate of drug-likeness (QED) is 0.662. The third-order valence-corrected chi connectivity index (χ3v) is 5.37. The number of fused-ring (bicyclic) bond motifs is 1. The second-order valence-corrected chi connectivity index (χ2v) is 7.17. The molecule has 1 aliphatic carbocycles. The second-order valence-electron chi connectivity index (χ2n) is 6.81. The molecule has 2 fully saturated rings. The maximum absolute atomic E-state index is 12.4. The molecule has 7 heteroatoms. The van der Waals surface area contributed by atoms with Crippen molar-refractivity contribution in [2.45, 2.75) is 25.4 Å². The number of para-hydroxylation sites is 1. The van der Waals surface area contributed by atoms with Crippen LogP contribution in [-0.2, 0) is 16.1 Å². The molecule has 1 saturated carbocycles. The summed E-state index contributed by atoms with van der Waals surface area (Å²) in [6.45, 7) is 0.266. The first-order chi connectivity index (χ1) is 12.5. The third-order valence-electron chi connectivity index (χ3n) is 4.83. The molecule has 26 heavy (non-hydrogen) atoms. The van der Waals surface area contributed by atoms with Gasteiger partial charge in [0.05, 0.1) is 0 Å². The van der Waals surface area contributed by atoms with Crippen LogP contribution in [0.1, 0.15) is 18.4 Å². The van der Waals surface area contributed by atoms with Gasteiger partial charge >= 0.3 is 0 Å². The number of aromatic nitrogens is 1. The van der Waals surface area contributed by atoms with Crippen molar-refractivity contribution >= 4 is 46.1 Å². The summed E-state index contributed by atoms with van der Waals surface area (Å²) >= 11 is 5.27. The standard InChI is InChI=1S/C19H20N4O2S/c1-21-16(18(25)22(2)19(21)26)9-12-10-23(11-17(24)20-13-7-8-13)15-6-4-3-5-14(12)15/h3-6,9-10,13H,7-8,11H2,1-2H3,(H,20,24)/b16-9+. The van der Waals surface area contributed by atoms with E-state index in [1.54, 1.807) is 19.0 Å². The fourth-order valence-electron chi connectivity index (χ4n) is 3.21. The number of nitrogens with zero attached hydrogens (tertiary/aromatic N) is 3. The van der Waals surface area contributed by atoms with E-state index in [1.807, 2.05) is 41.1 Å². The summed E-state index contributed by atoms with van der Waals surface area (Å²) in [6, 6.07) is 8.23. The van der Waals surface area contributed by atoms with Gasteiger partial charge in [0.15, 0.2) is 5.11 Å². The van der Waals surface area contributed by atoms with Crippen molar-refractivity contribution in [2.24, 2.45) is 0 Å². The number of nitrogens with one attached hydrogen (secondary N) is 1. The number of amides is 2. The number of hydrogen-bond donors (Lipinski definition) is 1. The van der Waals surface area contributed by atoms with Crippen LogP contribution < -0.4 is 5.32 Å². The van der Waals surface area contributed by atoms with Crippen LogP contribution in [-0.4, -0.2) is 51.4 Å². The highest BCUT2D eigenvalue weighted by molar-refractivity contribution is 7.80. The molecule has 1 saturated heterocycles. The van der Waals surface area contributed by atoms with Crippen molar-refractivity contribution < 1.29 is 9.59 Å². The number of likely N-dealkylation sites (N-methyl/N-ethyl adjacent to an activating group) is 2. The smallest absolute Gasteiger partial charge is 0.276 e. The van der Waals surface area contributed by atoms with Crippen LogP contribution in [0.3, 0.4) is 0 Å². The first-order valence-electron chi connectivity index (χ1n) is 8.60. The van der Waals surface area contributed by atoms with E-state index in [1.165, 1.54) is 4.90 Å². The monoisotopic (exact) mass is 368 g/mol. The molecule has 1 aliphatic heterocycles. The summed E-state index contributed by atoms with van der Waals surface area (Å²) in [7, 11) is 3.46. The molecule has 6 nitrogen and oxygen atoms in total. The summed E-state index contributed by atoms with van der Waals surface area (Å²) in [5.74, 6) is -0.108. The number of hydrogen-bond acceptors (Lipinski definition) is 3. The molecule has 2 amide bonds. The van der Waals surface area contributed by atoms with E-state index in [-0.39, 0.29) is 18.4 Å². The normalized spacial score (nSPS) is 19.1. The van der Waals surface area contributed by atoms with Gasteiger partial charge in [-0.25, -0.2) is 0 Å². The summed E-state index contributed by atoms with van der Waals surface area (Å²) in [4.78, 5) is 27.8. The molecule has 0 bridgehead atoms. The molecule has 2 aliphatic rings. The highest BCUT2D eigenvalue weighted by Gasteiger charge is 2.33. The van der Waals surface area contributed by atoms with Crippen molar-refractivity contribution in [3.05, 3.63) is 41.7 Å². The third kappa shape index (κ3) is 2.88. The minimum atomic E-state index is -0.124. The number of carbonyl (C=O) groups is 2. The molecule has 2 heterocycles. The Labute approximate surface area is 157 Å². The molecule has 0 atom stereocenters. The van der Waals surface area contributed by atoms with Gasteiger partial charge in [0.2, 0.25) is 5.91 Å². The topological polar surface area (TPSA) is 57.6 Å². The lowest BCUT2D eigenvalue weighted by atomic mass is 10.1. The first-order valence-corrected chi connectivity index (χ1v) is 9.01. The fourth-order valence-corrected chi connectivity index (χ4v) is 3.39. The molecule has 2 aromatic rings. The number of thiocarbonyl (C=S) groups is 1. The lowest BCUT2D eigenvalue weighted by molar-refractivity contribution is -0.122. The van der Waals surface area contributed by atoms with Crippen molar-refractivity contribution in [3.63, 3.8) is 0 Å². The summed E-state index contributed by atoms with van der Waals surface area (Å²) < 4.78 is 1.93. The van der Waals surface area contributed by atoms with E-state index in [0.717, 1.165) is 29.3 Å². The van der Waals surface area contributed by atoms with Gasteiger partial charge in [0.1, 0.15) is 12.2 Å². The van der Waals surface area contributed by atoms with Crippen LogP contribution in [0.4, 0.5) is 0 Å². The predicted octanol–water partition coefficient (Wildman–Crippen LogP) is 1.95. The number of carbonyl (C=O) groups excluding carboxylic acids is 2. The molecule has 0 spiro atoms. The van der Waals surface area contributed by atoms with Gasteiger partial charge in [0.25, 0.3) is 5.91 Å². The Hall–Kier alpha value is -2.67. The molecule has 0 radical (unpaired) electrons. The van der Waals surface area contributed by atoms with Crippen LogP contribution in [0.25, 0.3) is 17.0 Å². The van der Waals surface area contributed by atoms with Crippen molar-refractivity contribution in [1.82, 2.24) is 19.7 Å². The molecule has 134 valence electrons. The Morgan fingerprint density at radius 2 is 2.00 bits per heavy atom. The van der Waals surface area contributed by atoms with Gasteiger partial charge in [-0.3, -0.25) is 14.5 Å². The van der Waals surface area contributed by atoms with E-state index in [2.05, 4.69) is 5.32 Å². The average molecular weight is 368 g/mol. The van der Waals surface area contributed by atoms with E-state index < -0.39 is 0 Å². The minimum Gasteiger partial charge on any atom is -0.352 e. The molecular formula is C19H20N4O2S. The van der Waals surface area contributed by atoms with Crippen LogP contribution in [0.5, 0.6) is 0 Å². The van der Waals surface area contributed by atoms with Gasteiger partial charge in [-0.05, 0) is 37.2 Å². The zero-order chi connectivity index (χ0) is 18.4. The number of rotatable bonds is 4.